The number of carbonyl (C=O) groups excluding carboxylic acids is 1. The lowest BCUT2D eigenvalue weighted by molar-refractivity contribution is -0.385. The number of hydrogen-bond donors (Lipinski definition) is 1. The van der Waals surface area contributed by atoms with Crippen molar-refractivity contribution in [2.24, 2.45) is 11.8 Å². The number of amides is 1. The molecule has 1 saturated heterocycles. The van der Waals surface area contributed by atoms with Gasteiger partial charge in [-0.25, -0.2) is 4.98 Å². The Bertz CT molecular complexity index is 575. The summed E-state index contributed by atoms with van der Waals surface area (Å²) in [6.45, 7) is 6.75. The maximum atomic E-state index is 12.7. The van der Waals surface area contributed by atoms with Gasteiger partial charge in [-0.15, -0.1) is 0 Å². The van der Waals surface area contributed by atoms with Gasteiger partial charge in [0, 0.05) is 12.6 Å². The van der Waals surface area contributed by atoms with Crippen LogP contribution in [-0.2, 0) is 0 Å². The normalized spacial score (nSPS) is 25.7. The summed E-state index contributed by atoms with van der Waals surface area (Å²) in [4.78, 5) is 28.6. The van der Waals surface area contributed by atoms with Gasteiger partial charge in [0.05, 0.1) is 4.92 Å². The Morgan fingerprint density at radius 2 is 2.14 bits per heavy atom. The van der Waals surface area contributed by atoms with E-state index in [4.69, 9.17) is 5.73 Å². The third-order valence-electron chi connectivity index (χ3n) is 4.19. The van der Waals surface area contributed by atoms with Crippen LogP contribution < -0.4 is 5.73 Å². The summed E-state index contributed by atoms with van der Waals surface area (Å²) in [5, 5.41) is 11.1. The number of carbonyl (C=O) groups is 1. The molecule has 3 atom stereocenters. The average molecular weight is 292 g/mol. The second kappa shape index (κ2) is 5.67. The van der Waals surface area contributed by atoms with Crippen LogP contribution in [0.1, 0.15) is 37.6 Å². The predicted molar refractivity (Wildman–Crippen MR) is 78.7 cm³/mol. The number of piperidine rings is 1. The first-order valence-corrected chi connectivity index (χ1v) is 7.02. The van der Waals surface area contributed by atoms with Gasteiger partial charge in [-0.2, -0.15) is 0 Å². The highest BCUT2D eigenvalue weighted by Gasteiger charge is 2.35. The number of hydrogen-bond acceptors (Lipinski definition) is 5. The number of nitro groups is 1. The molecule has 0 bridgehead atoms. The number of anilines is 1. The first-order chi connectivity index (χ1) is 9.81. The minimum Gasteiger partial charge on any atom is -0.384 e. The molecule has 114 valence electrons. The predicted octanol–water partition coefficient (Wildman–Crippen LogP) is 2.08. The van der Waals surface area contributed by atoms with E-state index in [9.17, 15) is 14.9 Å². The SMILES string of the molecule is CC1CC(C)C(C)N(C(=O)c2cc(N)ncc2[N+](=O)[O-])C1. The van der Waals surface area contributed by atoms with Crippen LogP contribution in [0.3, 0.4) is 0 Å². The van der Waals surface area contributed by atoms with Gasteiger partial charge in [0.25, 0.3) is 11.6 Å². The van der Waals surface area contributed by atoms with E-state index < -0.39 is 4.92 Å². The molecule has 21 heavy (non-hydrogen) atoms. The van der Waals surface area contributed by atoms with Crippen molar-refractivity contribution in [1.29, 1.82) is 0 Å². The molecule has 2 N–H and O–H groups in total. The molecular weight excluding hydrogens is 272 g/mol. The van der Waals surface area contributed by atoms with E-state index in [1.165, 1.54) is 6.07 Å². The summed E-state index contributed by atoms with van der Waals surface area (Å²) in [5.41, 5.74) is 5.30. The fourth-order valence-electron chi connectivity index (χ4n) is 2.92. The van der Waals surface area contributed by atoms with Gasteiger partial charge in [0.15, 0.2) is 0 Å². The fraction of sp³-hybridized carbons (Fsp3) is 0.571. The summed E-state index contributed by atoms with van der Waals surface area (Å²) in [7, 11) is 0. The minimum absolute atomic E-state index is 0.0145. The van der Waals surface area contributed by atoms with Gasteiger partial charge < -0.3 is 10.6 Å². The van der Waals surface area contributed by atoms with Crippen molar-refractivity contribution in [3.63, 3.8) is 0 Å². The summed E-state index contributed by atoms with van der Waals surface area (Å²) in [6, 6.07) is 1.33. The molecule has 0 aromatic carbocycles. The molecule has 0 spiro atoms. The summed E-state index contributed by atoms with van der Waals surface area (Å²) < 4.78 is 0. The van der Waals surface area contributed by atoms with Gasteiger partial charge >= 0.3 is 0 Å². The molecule has 2 heterocycles. The first-order valence-electron chi connectivity index (χ1n) is 7.02. The van der Waals surface area contributed by atoms with E-state index >= 15 is 0 Å². The Morgan fingerprint density at radius 3 is 2.76 bits per heavy atom. The topological polar surface area (TPSA) is 102 Å². The van der Waals surface area contributed by atoms with Crippen LogP contribution in [0.25, 0.3) is 0 Å². The molecule has 3 unspecified atom stereocenters. The molecule has 7 heteroatoms. The highest BCUT2D eigenvalue weighted by molar-refractivity contribution is 5.98. The Morgan fingerprint density at radius 1 is 1.48 bits per heavy atom. The lowest BCUT2D eigenvalue weighted by atomic mass is 9.85. The third kappa shape index (κ3) is 2.96. The molecule has 1 fully saturated rings. The molecule has 0 aliphatic carbocycles. The number of aromatic nitrogens is 1. The van der Waals surface area contributed by atoms with Crippen LogP contribution in [0.4, 0.5) is 11.5 Å². The Hall–Kier alpha value is -2.18. The lowest BCUT2D eigenvalue weighted by Crippen LogP contribution is -2.49. The van der Waals surface area contributed by atoms with Crippen molar-refractivity contribution < 1.29 is 9.72 Å². The van der Waals surface area contributed by atoms with Crippen molar-refractivity contribution in [2.75, 3.05) is 12.3 Å². The van der Waals surface area contributed by atoms with Crippen molar-refractivity contribution in [3.05, 3.63) is 27.9 Å². The van der Waals surface area contributed by atoms with Crippen molar-refractivity contribution in [1.82, 2.24) is 9.88 Å². The summed E-state index contributed by atoms with van der Waals surface area (Å²) in [6.07, 6.45) is 2.09. The van der Waals surface area contributed by atoms with Crippen LogP contribution in [0.2, 0.25) is 0 Å². The number of nitrogens with zero attached hydrogens (tertiary/aromatic N) is 3. The zero-order valence-electron chi connectivity index (χ0n) is 12.4. The van der Waals surface area contributed by atoms with E-state index in [0.29, 0.717) is 18.4 Å². The zero-order chi connectivity index (χ0) is 15.7. The molecule has 1 aromatic rings. The van der Waals surface area contributed by atoms with E-state index in [0.717, 1.165) is 12.6 Å². The van der Waals surface area contributed by atoms with Gasteiger partial charge in [-0.1, -0.05) is 13.8 Å². The Kier molecular flexibility index (Phi) is 4.11. The molecule has 0 saturated carbocycles. The van der Waals surface area contributed by atoms with E-state index in [2.05, 4.69) is 18.8 Å². The molecule has 1 amide bonds. The number of rotatable bonds is 2. The standard InChI is InChI=1S/C14H20N4O3/c1-8-4-9(2)10(3)17(7-8)14(19)11-5-13(15)16-6-12(11)18(20)21/h5-6,8-10H,4,7H2,1-3H3,(H2,15,16). The largest absolute Gasteiger partial charge is 0.384 e. The van der Waals surface area contributed by atoms with E-state index in [-0.39, 0.29) is 29.0 Å². The summed E-state index contributed by atoms with van der Waals surface area (Å²) >= 11 is 0. The molecular formula is C14H20N4O3. The van der Waals surface area contributed by atoms with Gasteiger partial charge in [0.1, 0.15) is 17.6 Å². The first kappa shape index (κ1) is 15.2. The monoisotopic (exact) mass is 292 g/mol. The molecule has 1 aliphatic rings. The second-order valence-corrected chi connectivity index (χ2v) is 5.90. The Balaban J connectivity index is 2.39. The van der Waals surface area contributed by atoms with Crippen LogP contribution >= 0.6 is 0 Å². The van der Waals surface area contributed by atoms with Crippen LogP contribution in [0.5, 0.6) is 0 Å². The number of likely N-dealkylation sites (tertiary alicyclic amines) is 1. The van der Waals surface area contributed by atoms with Gasteiger partial charge in [-0.3, -0.25) is 14.9 Å². The molecule has 2 rings (SSSR count). The quantitative estimate of drug-likeness (QED) is 0.664. The van der Waals surface area contributed by atoms with Crippen LogP contribution in [0.15, 0.2) is 12.3 Å². The number of pyridine rings is 1. The van der Waals surface area contributed by atoms with E-state index in [1.54, 1.807) is 4.90 Å². The van der Waals surface area contributed by atoms with Crippen molar-refractivity contribution >= 4 is 17.4 Å². The Labute approximate surface area is 123 Å². The number of nitrogens with two attached hydrogens (primary N) is 1. The highest BCUT2D eigenvalue weighted by Crippen LogP contribution is 2.30. The van der Waals surface area contributed by atoms with E-state index in [1.807, 2.05) is 6.92 Å². The smallest absolute Gasteiger partial charge is 0.300 e. The molecule has 0 radical (unpaired) electrons. The van der Waals surface area contributed by atoms with Gasteiger partial charge in [0.2, 0.25) is 0 Å². The zero-order valence-corrected chi connectivity index (χ0v) is 12.4. The highest BCUT2D eigenvalue weighted by atomic mass is 16.6. The average Bonchev–Trinajstić information content (AvgIpc) is 2.41. The molecule has 1 aliphatic heterocycles. The fourth-order valence-corrected chi connectivity index (χ4v) is 2.92. The molecule has 7 nitrogen and oxygen atoms in total. The van der Waals surface area contributed by atoms with Crippen molar-refractivity contribution in [2.45, 2.75) is 33.2 Å². The van der Waals surface area contributed by atoms with Crippen LogP contribution in [-0.4, -0.2) is 33.3 Å². The van der Waals surface area contributed by atoms with Crippen molar-refractivity contribution in [3.8, 4) is 0 Å². The lowest BCUT2D eigenvalue weighted by Gasteiger charge is -2.41. The molecule has 1 aromatic heterocycles. The maximum absolute atomic E-state index is 12.7. The van der Waals surface area contributed by atoms with Gasteiger partial charge in [-0.05, 0) is 31.2 Å². The summed E-state index contributed by atoms with van der Waals surface area (Å²) in [5.74, 6) is 0.491. The second-order valence-electron chi connectivity index (χ2n) is 5.90. The van der Waals surface area contributed by atoms with Crippen LogP contribution in [0, 0.1) is 22.0 Å². The third-order valence-corrected chi connectivity index (χ3v) is 4.19. The number of nitrogen functional groups attached to an aromatic ring is 1. The minimum atomic E-state index is -0.596. The maximum Gasteiger partial charge on any atom is 0.300 e.